The molecule has 8 heteroatoms. The van der Waals surface area contributed by atoms with E-state index in [4.69, 9.17) is 16.3 Å². The first-order chi connectivity index (χ1) is 14.7. The molecule has 0 spiro atoms. The highest BCUT2D eigenvalue weighted by Gasteiger charge is 2.28. The summed E-state index contributed by atoms with van der Waals surface area (Å²) in [6.45, 7) is 3.34. The number of carbonyl (C=O) groups excluding carboxylic acids is 1. The lowest BCUT2D eigenvalue weighted by molar-refractivity contribution is -0.114. The van der Waals surface area contributed by atoms with Crippen molar-refractivity contribution in [2.45, 2.75) is 18.7 Å². The summed E-state index contributed by atoms with van der Waals surface area (Å²) in [6, 6.07) is 18.3. The summed E-state index contributed by atoms with van der Waals surface area (Å²) in [4.78, 5) is 12.9. The number of carbonyl (C=O) groups is 1. The normalized spacial score (nSPS) is 11.1. The Hall–Kier alpha value is -3.03. The lowest BCUT2D eigenvalue weighted by Gasteiger charge is -2.26. The van der Waals surface area contributed by atoms with Crippen molar-refractivity contribution in [2.24, 2.45) is 0 Å². The van der Waals surface area contributed by atoms with Gasteiger partial charge in [0.2, 0.25) is 5.91 Å². The van der Waals surface area contributed by atoms with Gasteiger partial charge in [-0.25, -0.2) is 8.42 Å². The number of halogens is 1. The number of sulfonamides is 1. The summed E-state index contributed by atoms with van der Waals surface area (Å²) in [7, 11) is -2.47. The zero-order valence-electron chi connectivity index (χ0n) is 17.4. The van der Waals surface area contributed by atoms with Gasteiger partial charge in [-0.15, -0.1) is 0 Å². The Bertz CT molecular complexity index is 1200. The van der Waals surface area contributed by atoms with Gasteiger partial charge >= 0.3 is 0 Å². The van der Waals surface area contributed by atoms with Crippen LogP contribution in [0.3, 0.4) is 0 Å². The first-order valence-electron chi connectivity index (χ1n) is 9.51. The Labute approximate surface area is 187 Å². The van der Waals surface area contributed by atoms with Gasteiger partial charge in [-0.2, -0.15) is 0 Å². The van der Waals surface area contributed by atoms with Gasteiger partial charge in [0.25, 0.3) is 10.0 Å². The van der Waals surface area contributed by atoms with E-state index in [-0.39, 0.29) is 4.90 Å². The summed E-state index contributed by atoms with van der Waals surface area (Å²) >= 11 is 6.12. The maximum Gasteiger partial charge on any atom is 0.264 e. The number of nitrogens with zero attached hydrogens (tertiary/aromatic N) is 1. The zero-order valence-corrected chi connectivity index (χ0v) is 19.0. The lowest BCUT2D eigenvalue weighted by Crippen LogP contribution is -2.38. The van der Waals surface area contributed by atoms with Gasteiger partial charge in [0.15, 0.2) is 0 Å². The van der Waals surface area contributed by atoms with E-state index in [0.29, 0.717) is 22.1 Å². The maximum atomic E-state index is 13.4. The maximum absolute atomic E-state index is 13.4. The first-order valence-corrected chi connectivity index (χ1v) is 11.3. The number of hydrogen-bond acceptors (Lipinski definition) is 4. The number of methoxy groups -OCH3 is 1. The summed E-state index contributed by atoms with van der Waals surface area (Å²) in [6.07, 6.45) is 0. The molecule has 0 radical (unpaired) electrons. The molecular formula is C23H23ClN2O4S. The number of nitrogens with one attached hydrogen (secondary N) is 1. The average Bonchev–Trinajstić information content (AvgIpc) is 2.73. The molecule has 3 rings (SSSR count). The summed E-state index contributed by atoms with van der Waals surface area (Å²) in [5.74, 6) is -0.0241. The van der Waals surface area contributed by atoms with Crippen LogP contribution in [-0.2, 0) is 14.8 Å². The molecule has 0 atom stereocenters. The van der Waals surface area contributed by atoms with E-state index in [2.05, 4.69) is 5.32 Å². The molecule has 0 saturated heterocycles. The standard InChI is InChI=1S/C23H23ClN2O4S/c1-16-9-11-21(17(2)13-16)26(31(28,29)19-7-5-4-6-8-19)15-23(27)25-18-10-12-22(30-3)20(24)14-18/h4-14H,15H2,1-3H3,(H,25,27). The molecule has 6 nitrogen and oxygen atoms in total. The highest BCUT2D eigenvalue weighted by molar-refractivity contribution is 7.92. The Balaban J connectivity index is 1.95. The fraction of sp³-hybridized carbons (Fsp3) is 0.174. The molecule has 1 amide bonds. The predicted molar refractivity (Wildman–Crippen MR) is 124 cm³/mol. The lowest BCUT2D eigenvalue weighted by atomic mass is 10.1. The summed E-state index contributed by atoms with van der Waals surface area (Å²) < 4.78 is 33.0. The van der Waals surface area contributed by atoms with E-state index >= 15 is 0 Å². The SMILES string of the molecule is COc1ccc(NC(=O)CN(c2ccc(C)cc2C)S(=O)(=O)c2ccccc2)cc1Cl. The van der Waals surface area contributed by atoms with Crippen molar-refractivity contribution in [2.75, 3.05) is 23.3 Å². The van der Waals surface area contributed by atoms with E-state index in [0.717, 1.165) is 15.4 Å². The van der Waals surface area contributed by atoms with Gasteiger partial charge in [-0.3, -0.25) is 9.10 Å². The van der Waals surface area contributed by atoms with E-state index in [1.165, 1.54) is 19.2 Å². The highest BCUT2D eigenvalue weighted by Crippen LogP contribution is 2.29. The zero-order chi connectivity index (χ0) is 22.6. The third kappa shape index (κ3) is 5.18. The minimum Gasteiger partial charge on any atom is -0.495 e. The van der Waals surface area contributed by atoms with E-state index < -0.39 is 22.5 Å². The van der Waals surface area contributed by atoms with Gasteiger partial charge in [0, 0.05) is 5.69 Å². The molecule has 0 heterocycles. The largest absolute Gasteiger partial charge is 0.495 e. The molecular weight excluding hydrogens is 436 g/mol. The molecule has 0 aliphatic heterocycles. The Morgan fingerprint density at radius 2 is 1.74 bits per heavy atom. The molecule has 3 aromatic carbocycles. The van der Waals surface area contributed by atoms with Gasteiger partial charge in [-0.05, 0) is 55.8 Å². The van der Waals surface area contributed by atoms with Crippen molar-refractivity contribution >= 4 is 38.9 Å². The van der Waals surface area contributed by atoms with Crippen molar-refractivity contribution in [1.82, 2.24) is 0 Å². The van der Waals surface area contributed by atoms with Gasteiger partial charge in [-0.1, -0.05) is 47.5 Å². The Morgan fingerprint density at radius 3 is 2.35 bits per heavy atom. The van der Waals surface area contributed by atoms with E-state index in [9.17, 15) is 13.2 Å². The third-order valence-electron chi connectivity index (χ3n) is 4.67. The molecule has 31 heavy (non-hydrogen) atoms. The smallest absolute Gasteiger partial charge is 0.264 e. The molecule has 0 aromatic heterocycles. The van der Waals surface area contributed by atoms with Crippen molar-refractivity contribution in [1.29, 1.82) is 0 Å². The average molecular weight is 459 g/mol. The fourth-order valence-corrected chi connectivity index (χ4v) is 4.94. The van der Waals surface area contributed by atoms with Crippen LogP contribution >= 0.6 is 11.6 Å². The van der Waals surface area contributed by atoms with Crippen LogP contribution in [0.25, 0.3) is 0 Å². The second-order valence-corrected chi connectivity index (χ2v) is 9.28. The second kappa shape index (κ2) is 9.41. The number of amides is 1. The highest BCUT2D eigenvalue weighted by atomic mass is 35.5. The minimum absolute atomic E-state index is 0.107. The van der Waals surface area contributed by atoms with Crippen LogP contribution in [0.5, 0.6) is 5.75 Å². The molecule has 0 fully saturated rings. The number of aryl methyl sites for hydroxylation is 2. The van der Waals surface area contributed by atoms with Crippen LogP contribution in [0.1, 0.15) is 11.1 Å². The topological polar surface area (TPSA) is 75.7 Å². The number of ether oxygens (including phenoxy) is 1. The number of anilines is 2. The third-order valence-corrected chi connectivity index (χ3v) is 6.74. The van der Waals surface area contributed by atoms with Crippen LogP contribution in [0.2, 0.25) is 5.02 Å². The molecule has 1 N–H and O–H groups in total. The van der Waals surface area contributed by atoms with Crippen molar-refractivity contribution in [3.8, 4) is 5.75 Å². The van der Waals surface area contributed by atoms with Gasteiger partial charge in [0.05, 0.1) is 22.7 Å². The molecule has 3 aromatic rings. The second-order valence-electron chi connectivity index (χ2n) is 7.01. The van der Waals surface area contributed by atoms with E-state index in [1.807, 2.05) is 26.0 Å². The van der Waals surface area contributed by atoms with E-state index in [1.54, 1.807) is 42.5 Å². The number of rotatable bonds is 7. The fourth-order valence-electron chi connectivity index (χ4n) is 3.18. The van der Waals surface area contributed by atoms with Crippen LogP contribution in [0.4, 0.5) is 11.4 Å². The summed E-state index contributed by atoms with van der Waals surface area (Å²) in [5, 5.41) is 3.04. The molecule has 0 bridgehead atoms. The molecule has 0 aliphatic rings. The quantitative estimate of drug-likeness (QED) is 0.551. The molecule has 0 saturated carbocycles. The number of benzene rings is 3. The molecule has 0 unspecified atom stereocenters. The van der Waals surface area contributed by atoms with Crippen molar-refractivity contribution in [3.63, 3.8) is 0 Å². The molecule has 0 aliphatic carbocycles. The minimum atomic E-state index is -3.97. The Morgan fingerprint density at radius 1 is 1.03 bits per heavy atom. The predicted octanol–water partition coefficient (Wildman–Crippen LogP) is 4.80. The summed E-state index contributed by atoms with van der Waals surface area (Å²) in [5.41, 5.74) is 2.63. The number of hydrogen-bond donors (Lipinski definition) is 1. The first kappa shape index (κ1) is 22.7. The van der Waals surface area contributed by atoms with Crippen LogP contribution in [-0.4, -0.2) is 28.0 Å². The van der Waals surface area contributed by atoms with Crippen molar-refractivity contribution in [3.05, 3.63) is 82.9 Å². The van der Waals surface area contributed by atoms with Crippen LogP contribution in [0.15, 0.2) is 71.6 Å². The van der Waals surface area contributed by atoms with Gasteiger partial charge < -0.3 is 10.1 Å². The molecule has 162 valence electrons. The monoisotopic (exact) mass is 458 g/mol. The van der Waals surface area contributed by atoms with Crippen molar-refractivity contribution < 1.29 is 17.9 Å². The van der Waals surface area contributed by atoms with Crippen LogP contribution < -0.4 is 14.4 Å². The van der Waals surface area contributed by atoms with Crippen LogP contribution in [0, 0.1) is 13.8 Å². The Kier molecular flexibility index (Phi) is 6.87. The van der Waals surface area contributed by atoms with Gasteiger partial charge in [0.1, 0.15) is 12.3 Å².